The molecule has 1 unspecified atom stereocenters. The Balaban J connectivity index is 2.31. The molecule has 2 rings (SSSR count). The minimum Gasteiger partial charge on any atom is -0.515 e. The van der Waals surface area contributed by atoms with Crippen LogP contribution in [0.25, 0.3) is 5.57 Å². The predicted molar refractivity (Wildman–Crippen MR) is 74.5 cm³/mol. The molecule has 0 radical (unpaired) electrons. The van der Waals surface area contributed by atoms with Gasteiger partial charge < -0.3 is 9.84 Å². The fourth-order valence-corrected chi connectivity index (χ4v) is 2.12. The van der Waals surface area contributed by atoms with Crippen LogP contribution in [0.2, 0.25) is 0 Å². The van der Waals surface area contributed by atoms with Crippen LogP contribution in [-0.2, 0) is 4.74 Å². The second-order valence-electron chi connectivity index (χ2n) is 4.64. The van der Waals surface area contributed by atoms with Crippen LogP contribution in [-0.4, -0.2) is 23.5 Å². The number of hydrogen-bond donors (Lipinski definition) is 1. The molecule has 3 heteroatoms. The van der Waals surface area contributed by atoms with Crippen molar-refractivity contribution in [1.82, 2.24) is 0 Å². The van der Waals surface area contributed by atoms with Crippen LogP contribution in [0.1, 0.15) is 32.3 Å². The van der Waals surface area contributed by atoms with Crippen molar-refractivity contribution in [2.75, 3.05) is 6.61 Å². The third-order valence-corrected chi connectivity index (χ3v) is 3.12. The van der Waals surface area contributed by atoms with Crippen molar-refractivity contribution in [2.45, 2.75) is 32.8 Å². The van der Waals surface area contributed by atoms with Gasteiger partial charge in [-0.1, -0.05) is 18.2 Å². The maximum absolute atomic E-state index is 9.13. The highest BCUT2D eigenvalue weighted by Crippen LogP contribution is 2.27. The number of para-hydroxylation sites is 1. The van der Waals surface area contributed by atoms with Crippen molar-refractivity contribution in [2.24, 2.45) is 4.99 Å². The van der Waals surface area contributed by atoms with Crippen molar-refractivity contribution >= 4 is 17.0 Å². The smallest absolute Gasteiger partial charge is 0.0827 e. The number of aliphatic hydroxyl groups excluding tert-OH is 1. The normalized spacial score (nSPS) is 23.3. The summed E-state index contributed by atoms with van der Waals surface area (Å²) in [4.78, 5) is 4.72. The number of aliphatic imine (C=N–C) groups is 1. The maximum Gasteiger partial charge on any atom is 0.0827 e. The summed E-state index contributed by atoms with van der Waals surface area (Å²) in [6.45, 7) is 4.70. The molecule has 1 fully saturated rings. The SMILES string of the molecule is CC(=CO)c1ccccc1N=C1CCOC(C)C1. The van der Waals surface area contributed by atoms with E-state index >= 15 is 0 Å². The number of hydrogen-bond acceptors (Lipinski definition) is 3. The summed E-state index contributed by atoms with van der Waals surface area (Å²) >= 11 is 0. The van der Waals surface area contributed by atoms with Crippen molar-refractivity contribution in [3.63, 3.8) is 0 Å². The molecule has 0 bridgehead atoms. The van der Waals surface area contributed by atoms with Gasteiger partial charge in [-0.25, -0.2) is 0 Å². The Labute approximate surface area is 108 Å². The topological polar surface area (TPSA) is 41.8 Å². The average Bonchev–Trinajstić information content (AvgIpc) is 2.38. The van der Waals surface area contributed by atoms with E-state index in [0.29, 0.717) is 0 Å². The number of allylic oxidation sites excluding steroid dienone is 1. The van der Waals surface area contributed by atoms with Crippen LogP contribution >= 0.6 is 0 Å². The molecule has 0 saturated carbocycles. The van der Waals surface area contributed by atoms with Crippen LogP contribution in [0.3, 0.4) is 0 Å². The van der Waals surface area contributed by atoms with Crippen LogP contribution in [0, 0.1) is 0 Å². The Kier molecular flexibility index (Phi) is 4.15. The van der Waals surface area contributed by atoms with Gasteiger partial charge in [-0.3, -0.25) is 4.99 Å². The van der Waals surface area contributed by atoms with Gasteiger partial charge in [-0.2, -0.15) is 0 Å². The first-order chi connectivity index (χ1) is 8.70. The van der Waals surface area contributed by atoms with E-state index in [0.717, 1.165) is 42.5 Å². The lowest BCUT2D eigenvalue weighted by Gasteiger charge is -2.20. The summed E-state index contributed by atoms with van der Waals surface area (Å²) in [5, 5.41) is 9.13. The standard InChI is InChI=1S/C15H19NO2/c1-11(10-17)14-5-3-4-6-15(14)16-13-7-8-18-12(2)9-13/h3-6,10,12,17H,7-9H2,1-2H3. The van der Waals surface area contributed by atoms with Crippen LogP contribution < -0.4 is 0 Å². The molecular formula is C15H19NO2. The first-order valence-electron chi connectivity index (χ1n) is 6.29. The largest absolute Gasteiger partial charge is 0.515 e. The molecule has 1 aliphatic heterocycles. The van der Waals surface area contributed by atoms with Gasteiger partial charge in [0, 0.05) is 24.1 Å². The van der Waals surface area contributed by atoms with E-state index in [1.807, 2.05) is 31.2 Å². The number of aliphatic hydroxyl groups is 1. The molecule has 1 saturated heterocycles. The summed E-state index contributed by atoms with van der Waals surface area (Å²) in [5.41, 5.74) is 3.90. The zero-order chi connectivity index (χ0) is 13.0. The molecule has 1 aromatic rings. The van der Waals surface area contributed by atoms with E-state index in [1.54, 1.807) is 0 Å². The zero-order valence-electron chi connectivity index (χ0n) is 10.9. The van der Waals surface area contributed by atoms with E-state index in [4.69, 9.17) is 14.8 Å². The second-order valence-corrected chi connectivity index (χ2v) is 4.64. The fraction of sp³-hybridized carbons (Fsp3) is 0.400. The lowest BCUT2D eigenvalue weighted by Crippen LogP contribution is -2.22. The summed E-state index contributed by atoms with van der Waals surface area (Å²) in [6, 6.07) is 7.88. The highest BCUT2D eigenvalue weighted by atomic mass is 16.5. The van der Waals surface area contributed by atoms with E-state index in [1.165, 1.54) is 5.71 Å². The molecule has 0 amide bonds. The van der Waals surface area contributed by atoms with Crippen LogP contribution in [0.4, 0.5) is 5.69 Å². The third kappa shape index (κ3) is 2.99. The highest BCUT2D eigenvalue weighted by Gasteiger charge is 2.14. The summed E-state index contributed by atoms with van der Waals surface area (Å²) in [7, 11) is 0. The average molecular weight is 245 g/mol. The van der Waals surface area contributed by atoms with Crippen LogP contribution in [0.5, 0.6) is 0 Å². The molecule has 18 heavy (non-hydrogen) atoms. The van der Waals surface area contributed by atoms with Crippen LogP contribution in [0.15, 0.2) is 35.5 Å². The minimum absolute atomic E-state index is 0.249. The van der Waals surface area contributed by atoms with E-state index < -0.39 is 0 Å². The lowest BCUT2D eigenvalue weighted by molar-refractivity contribution is 0.0634. The van der Waals surface area contributed by atoms with Crippen molar-refractivity contribution < 1.29 is 9.84 Å². The molecular weight excluding hydrogens is 226 g/mol. The molecule has 3 nitrogen and oxygen atoms in total. The lowest BCUT2D eigenvalue weighted by atomic mass is 10.0. The molecule has 1 aliphatic rings. The number of ether oxygens (including phenoxy) is 1. The molecule has 1 atom stereocenters. The van der Waals surface area contributed by atoms with Crippen molar-refractivity contribution in [3.8, 4) is 0 Å². The number of benzene rings is 1. The monoisotopic (exact) mass is 245 g/mol. The molecule has 1 N–H and O–H groups in total. The van der Waals surface area contributed by atoms with E-state index in [-0.39, 0.29) is 6.10 Å². The van der Waals surface area contributed by atoms with Gasteiger partial charge in [0.1, 0.15) is 0 Å². The molecule has 1 aromatic carbocycles. The fourth-order valence-electron chi connectivity index (χ4n) is 2.12. The number of rotatable bonds is 2. The minimum atomic E-state index is 0.249. The molecule has 0 spiro atoms. The summed E-state index contributed by atoms with van der Waals surface area (Å²) < 4.78 is 5.51. The van der Waals surface area contributed by atoms with Crippen molar-refractivity contribution in [3.05, 3.63) is 36.1 Å². The number of nitrogens with zero attached hydrogens (tertiary/aromatic N) is 1. The predicted octanol–water partition coefficient (Wildman–Crippen LogP) is 3.88. The van der Waals surface area contributed by atoms with E-state index in [2.05, 4.69) is 6.92 Å². The zero-order valence-corrected chi connectivity index (χ0v) is 10.9. The Morgan fingerprint density at radius 1 is 1.44 bits per heavy atom. The highest BCUT2D eigenvalue weighted by molar-refractivity contribution is 5.89. The van der Waals surface area contributed by atoms with Gasteiger partial charge >= 0.3 is 0 Å². The van der Waals surface area contributed by atoms with Crippen molar-refractivity contribution in [1.29, 1.82) is 0 Å². The first kappa shape index (κ1) is 12.8. The Morgan fingerprint density at radius 3 is 2.94 bits per heavy atom. The summed E-state index contributed by atoms with van der Waals surface area (Å²) in [5.74, 6) is 0. The quantitative estimate of drug-likeness (QED) is 0.803. The molecule has 0 aromatic heterocycles. The Hall–Kier alpha value is -1.61. The Morgan fingerprint density at radius 2 is 2.22 bits per heavy atom. The van der Waals surface area contributed by atoms with Gasteiger partial charge in [0.05, 0.1) is 24.7 Å². The van der Waals surface area contributed by atoms with Gasteiger partial charge in [0.25, 0.3) is 0 Å². The first-order valence-corrected chi connectivity index (χ1v) is 6.29. The van der Waals surface area contributed by atoms with Gasteiger partial charge in [-0.05, 0) is 25.5 Å². The van der Waals surface area contributed by atoms with E-state index in [9.17, 15) is 0 Å². The molecule has 96 valence electrons. The molecule has 1 heterocycles. The van der Waals surface area contributed by atoms with Gasteiger partial charge in [-0.15, -0.1) is 0 Å². The third-order valence-electron chi connectivity index (χ3n) is 3.12. The molecule has 0 aliphatic carbocycles. The van der Waals surface area contributed by atoms with Gasteiger partial charge in [0.15, 0.2) is 0 Å². The maximum atomic E-state index is 9.13. The van der Waals surface area contributed by atoms with Gasteiger partial charge in [0.2, 0.25) is 0 Å². The summed E-state index contributed by atoms with van der Waals surface area (Å²) in [6.07, 6.45) is 3.15. The Bertz CT molecular complexity index is 477. The second kappa shape index (κ2) is 5.83.